The predicted octanol–water partition coefficient (Wildman–Crippen LogP) is 3.34. The van der Waals surface area contributed by atoms with Crippen molar-refractivity contribution < 1.29 is 14.3 Å². The van der Waals surface area contributed by atoms with Gasteiger partial charge in [0.25, 0.3) is 0 Å². The maximum absolute atomic E-state index is 13.1. The number of halogens is 1. The zero-order valence-corrected chi connectivity index (χ0v) is 16.9. The summed E-state index contributed by atoms with van der Waals surface area (Å²) >= 11 is 6.21. The van der Waals surface area contributed by atoms with Gasteiger partial charge in [0.2, 0.25) is 0 Å². The molecule has 0 radical (unpaired) electrons. The van der Waals surface area contributed by atoms with Crippen LogP contribution in [0.15, 0.2) is 41.2 Å². The Morgan fingerprint density at radius 1 is 1.17 bits per heavy atom. The van der Waals surface area contributed by atoms with E-state index in [2.05, 4.69) is 6.07 Å². The van der Waals surface area contributed by atoms with E-state index in [0.717, 1.165) is 11.1 Å². The molecule has 0 saturated carbocycles. The number of ether oxygens (including phenoxy) is 2. The van der Waals surface area contributed by atoms with Crippen LogP contribution in [0.5, 0.6) is 5.75 Å². The lowest BCUT2D eigenvalue weighted by Gasteiger charge is -2.07. The SMILES string of the molecule is COc1ccc(Cn2c(=O)n(CCCOC(C)=O)c3ccc(C#N)cc32)cc1Cl. The number of fused-ring (bicyclic) bond motifs is 1. The number of nitriles is 1. The molecule has 0 aliphatic heterocycles. The highest BCUT2D eigenvalue weighted by Crippen LogP contribution is 2.26. The van der Waals surface area contributed by atoms with Crippen LogP contribution in [0.1, 0.15) is 24.5 Å². The number of rotatable bonds is 7. The monoisotopic (exact) mass is 413 g/mol. The molecule has 0 N–H and O–H groups in total. The van der Waals surface area contributed by atoms with Gasteiger partial charge in [0.15, 0.2) is 0 Å². The predicted molar refractivity (Wildman–Crippen MR) is 109 cm³/mol. The Morgan fingerprint density at radius 2 is 1.97 bits per heavy atom. The Balaban J connectivity index is 2.00. The minimum absolute atomic E-state index is 0.204. The summed E-state index contributed by atoms with van der Waals surface area (Å²) in [5, 5.41) is 9.71. The van der Waals surface area contributed by atoms with E-state index in [9.17, 15) is 14.9 Å². The van der Waals surface area contributed by atoms with E-state index in [-0.39, 0.29) is 18.3 Å². The topological polar surface area (TPSA) is 86.2 Å². The van der Waals surface area contributed by atoms with Crippen LogP contribution >= 0.6 is 11.6 Å². The van der Waals surface area contributed by atoms with Gasteiger partial charge in [-0.2, -0.15) is 5.26 Å². The van der Waals surface area contributed by atoms with Crippen LogP contribution in [0.3, 0.4) is 0 Å². The smallest absolute Gasteiger partial charge is 0.329 e. The van der Waals surface area contributed by atoms with E-state index in [0.29, 0.717) is 41.4 Å². The van der Waals surface area contributed by atoms with Gasteiger partial charge in [-0.05, 0) is 42.3 Å². The molecule has 1 heterocycles. The molecular weight excluding hydrogens is 394 g/mol. The molecule has 0 unspecified atom stereocenters. The number of benzene rings is 2. The van der Waals surface area contributed by atoms with Gasteiger partial charge in [0, 0.05) is 13.5 Å². The largest absolute Gasteiger partial charge is 0.495 e. The molecule has 0 aliphatic rings. The highest BCUT2D eigenvalue weighted by molar-refractivity contribution is 6.32. The third kappa shape index (κ3) is 4.44. The van der Waals surface area contributed by atoms with Gasteiger partial charge in [-0.15, -0.1) is 0 Å². The summed E-state index contributed by atoms with van der Waals surface area (Å²) in [7, 11) is 1.54. The molecule has 0 aliphatic carbocycles. The summed E-state index contributed by atoms with van der Waals surface area (Å²) in [4.78, 5) is 24.0. The average Bonchev–Trinajstić information content (AvgIpc) is 2.96. The van der Waals surface area contributed by atoms with Gasteiger partial charge in [-0.25, -0.2) is 4.79 Å². The van der Waals surface area contributed by atoms with E-state index in [4.69, 9.17) is 21.1 Å². The summed E-state index contributed by atoms with van der Waals surface area (Å²) in [5.74, 6) is 0.206. The third-order valence-electron chi connectivity index (χ3n) is 4.54. The third-order valence-corrected chi connectivity index (χ3v) is 4.83. The van der Waals surface area contributed by atoms with Crippen molar-refractivity contribution in [2.24, 2.45) is 0 Å². The van der Waals surface area contributed by atoms with Crippen molar-refractivity contribution in [2.75, 3.05) is 13.7 Å². The molecule has 0 saturated heterocycles. The molecule has 8 heteroatoms. The zero-order chi connectivity index (χ0) is 21.0. The van der Waals surface area contributed by atoms with Crippen LogP contribution in [-0.2, 0) is 22.6 Å². The maximum Gasteiger partial charge on any atom is 0.329 e. The summed E-state index contributed by atoms with van der Waals surface area (Å²) in [6.07, 6.45) is 0.507. The number of esters is 1. The number of aryl methyl sites for hydroxylation is 1. The van der Waals surface area contributed by atoms with Crippen molar-refractivity contribution in [1.29, 1.82) is 5.26 Å². The highest BCUT2D eigenvalue weighted by atomic mass is 35.5. The number of carbonyl (C=O) groups excluding carboxylic acids is 1. The molecule has 29 heavy (non-hydrogen) atoms. The van der Waals surface area contributed by atoms with Crippen LogP contribution in [-0.4, -0.2) is 28.8 Å². The van der Waals surface area contributed by atoms with Crippen LogP contribution in [0.4, 0.5) is 0 Å². The number of carbonyl (C=O) groups is 1. The van der Waals surface area contributed by atoms with Crippen LogP contribution in [0.25, 0.3) is 11.0 Å². The number of hydrogen-bond donors (Lipinski definition) is 0. The molecule has 1 aromatic heterocycles. The molecule has 0 fully saturated rings. The molecule has 3 rings (SSSR count). The lowest BCUT2D eigenvalue weighted by molar-refractivity contribution is -0.141. The molecular formula is C21H20ClN3O4. The Labute approximate surface area is 172 Å². The average molecular weight is 414 g/mol. The Hall–Kier alpha value is -3.24. The van der Waals surface area contributed by atoms with Crippen LogP contribution < -0.4 is 10.4 Å². The maximum atomic E-state index is 13.1. The fourth-order valence-corrected chi connectivity index (χ4v) is 3.47. The van der Waals surface area contributed by atoms with Crippen molar-refractivity contribution in [2.45, 2.75) is 26.4 Å². The van der Waals surface area contributed by atoms with Crippen LogP contribution in [0, 0.1) is 11.3 Å². The Kier molecular flexibility index (Phi) is 6.25. The molecule has 3 aromatic rings. The van der Waals surface area contributed by atoms with Crippen molar-refractivity contribution in [3.8, 4) is 11.8 Å². The number of aromatic nitrogens is 2. The van der Waals surface area contributed by atoms with E-state index in [1.807, 2.05) is 6.07 Å². The van der Waals surface area contributed by atoms with Crippen LogP contribution in [0.2, 0.25) is 5.02 Å². The first-order valence-corrected chi connectivity index (χ1v) is 9.41. The van der Waals surface area contributed by atoms with Crippen molar-refractivity contribution in [1.82, 2.24) is 9.13 Å². The second-order valence-corrected chi connectivity index (χ2v) is 6.91. The standard InChI is InChI=1S/C21H20ClN3O4/c1-14(26)29-9-3-8-24-18-6-4-15(12-23)11-19(18)25(21(24)27)13-16-5-7-20(28-2)17(22)10-16/h4-7,10-11H,3,8-9,13H2,1-2H3. The van der Waals surface area contributed by atoms with Crippen molar-refractivity contribution >= 4 is 28.6 Å². The van der Waals surface area contributed by atoms with E-state index in [1.165, 1.54) is 14.0 Å². The second-order valence-electron chi connectivity index (χ2n) is 6.50. The number of nitrogens with zero attached hydrogens (tertiary/aromatic N) is 3. The Bertz CT molecular complexity index is 1160. The van der Waals surface area contributed by atoms with Crippen molar-refractivity contribution in [3.05, 3.63) is 63.0 Å². The summed E-state index contributed by atoms with van der Waals surface area (Å²) in [6.45, 7) is 2.27. The Morgan fingerprint density at radius 3 is 2.62 bits per heavy atom. The number of hydrogen-bond acceptors (Lipinski definition) is 5. The quantitative estimate of drug-likeness (QED) is 0.438. The van der Waals surface area contributed by atoms with Gasteiger partial charge >= 0.3 is 11.7 Å². The highest BCUT2D eigenvalue weighted by Gasteiger charge is 2.15. The molecule has 0 atom stereocenters. The zero-order valence-electron chi connectivity index (χ0n) is 16.1. The number of imidazole rings is 1. The van der Waals surface area contributed by atoms with Gasteiger partial charge in [-0.1, -0.05) is 17.7 Å². The van der Waals surface area contributed by atoms with Gasteiger partial charge < -0.3 is 9.47 Å². The molecule has 150 valence electrons. The first-order valence-electron chi connectivity index (χ1n) is 9.03. The van der Waals surface area contributed by atoms with Gasteiger partial charge in [0.1, 0.15) is 5.75 Å². The molecule has 2 aromatic carbocycles. The first-order chi connectivity index (χ1) is 13.9. The minimum atomic E-state index is -0.352. The van der Waals surface area contributed by atoms with Gasteiger partial charge in [0.05, 0.1) is 48.0 Å². The van der Waals surface area contributed by atoms with E-state index < -0.39 is 0 Å². The second kappa shape index (κ2) is 8.84. The lowest BCUT2D eigenvalue weighted by Crippen LogP contribution is -2.25. The normalized spacial score (nSPS) is 10.7. The fraction of sp³-hybridized carbons (Fsp3) is 0.286. The summed E-state index contributed by atoms with van der Waals surface area (Å²) in [5.41, 5.74) is 2.48. The summed E-state index contributed by atoms with van der Waals surface area (Å²) < 4.78 is 13.4. The molecule has 7 nitrogen and oxygen atoms in total. The minimum Gasteiger partial charge on any atom is -0.495 e. The fourth-order valence-electron chi connectivity index (χ4n) is 3.19. The lowest BCUT2D eigenvalue weighted by atomic mass is 10.2. The molecule has 0 bridgehead atoms. The van der Waals surface area contributed by atoms with E-state index in [1.54, 1.807) is 39.5 Å². The van der Waals surface area contributed by atoms with Crippen molar-refractivity contribution in [3.63, 3.8) is 0 Å². The first kappa shape index (κ1) is 20.5. The van der Waals surface area contributed by atoms with E-state index >= 15 is 0 Å². The molecule has 0 spiro atoms. The summed E-state index contributed by atoms with van der Waals surface area (Å²) in [6, 6.07) is 12.6. The number of methoxy groups -OCH3 is 1. The molecule has 0 amide bonds. The van der Waals surface area contributed by atoms with Gasteiger partial charge in [-0.3, -0.25) is 13.9 Å².